The fourth-order valence-corrected chi connectivity index (χ4v) is 1.48. The van der Waals surface area contributed by atoms with Crippen LogP contribution in [0.2, 0.25) is 0 Å². The van der Waals surface area contributed by atoms with Crippen LogP contribution in [0.25, 0.3) is 0 Å². The van der Waals surface area contributed by atoms with Gasteiger partial charge in [0.2, 0.25) is 11.8 Å². The first-order valence-corrected chi connectivity index (χ1v) is 6.06. The summed E-state index contributed by atoms with van der Waals surface area (Å²) < 4.78 is 35.5. The van der Waals surface area contributed by atoms with Crippen LogP contribution < -0.4 is 10.6 Å². The van der Waals surface area contributed by atoms with Crippen LogP contribution in [0.1, 0.15) is 20.8 Å². The highest BCUT2D eigenvalue weighted by atomic mass is 19.4. The Kier molecular flexibility index (Phi) is 7.43. The topological polar surface area (TPSA) is 61.4 Å². The number of nitrogens with zero attached hydrogens (tertiary/aromatic N) is 1. The van der Waals surface area contributed by atoms with Crippen LogP contribution in [-0.4, -0.2) is 55.1 Å². The largest absolute Gasteiger partial charge is 0.401 e. The van der Waals surface area contributed by atoms with Gasteiger partial charge in [0.25, 0.3) is 0 Å². The maximum absolute atomic E-state index is 11.8. The molecule has 0 bridgehead atoms. The molecule has 0 heterocycles. The van der Waals surface area contributed by atoms with Crippen LogP contribution in [0.4, 0.5) is 13.2 Å². The summed E-state index contributed by atoms with van der Waals surface area (Å²) in [5, 5.41) is 4.32. The predicted molar refractivity (Wildman–Crippen MR) is 64.5 cm³/mol. The van der Waals surface area contributed by atoms with Crippen molar-refractivity contribution in [2.75, 3.05) is 26.2 Å². The number of likely N-dealkylation sites (N-methyl/N-ethyl adjacent to an activating group) is 1. The summed E-state index contributed by atoms with van der Waals surface area (Å²) in [7, 11) is 0. The third kappa shape index (κ3) is 7.66. The van der Waals surface area contributed by atoms with Gasteiger partial charge in [-0.3, -0.25) is 9.59 Å². The predicted octanol–water partition coefficient (Wildman–Crippen LogP) is 0.511. The summed E-state index contributed by atoms with van der Waals surface area (Å²) in [6, 6.07) is -0.750. The van der Waals surface area contributed by atoms with Crippen LogP contribution in [0, 0.1) is 0 Å². The SMILES string of the molecule is CCN(CC)C(=O)C(C)NC(=O)CNCC(F)(F)F. The van der Waals surface area contributed by atoms with Crippen molar-refractivity contribution < 1.29 is 22.8 Å². The summed E-state index contributed by atoms with van der Waals surface area (Å²) >= 11 is 0. The standard InChI is InChI=1S/C11H20F3N3O2/c1-4-17(5-2)10(19)8(3)16-9(18)6-15-7-11(12,13)14/h8,15H,4-7H2,1-3H3,(H,16,18). The van der Waals surface area contributed by atoms with Crippen molar-refractivity contribution in [3.8, 4) is 0 Å². The van der Waals surface area contributed by atoms with Gasteiger partial charge in [-0.15, -0.1) is 0 Å². The summed E-state index contributed by atoms with van der Waals surface area (Å²) in [4.78, 5) is 24.7. The number of hydrogen-bond donors (Lipinski definition) is 2. The van der Waals surface area contributed by atoms with Gasteiger partial charge in [0.15, 0.2) is 0 Å². The molecular formula is C11H20F3N3O2. The number of amides is 2. The van der Waals surface area contributed by atoms with Gasteiger partial charge >= 0.3 is 6.18 Å². The second kappa shape index (κ2) is 7.98. The van der Waals surface area contributed by atoms with Crippen molar-refractivity contribution in [3.63, 3.8) is 0 Å². The number of carbonyl (C=O) groups excluding carboxylic acids is 2. The van der Waals surface area contributed by atoms with Crippen molar-refractivity contribution in [2.24, 2.45) is 0 Å². The monoisotopic (exact) mass is 283 g/mol. The van der Waals surface area contributed by atoms with E-state index in [4.69, 9.17) is 0 Å². The molecule has 0 aromatic rings. The first kappa shape index (κ1) is 17.7. The Hall–Kier alpha value is -1.31. The lowest BCUT2D eigenvalue weighted by molar-refractivity contribution is -0.136. The van der Waals surface area contributed by atoms with E-state index in [1.807, 2.05) is 5.32 Å². The van der Waals surface area contributed by atoms with Crippen LogP contribution in [0.5, 0.6) is 0 Å². The molecular weight excluding hydrogens is 263 g/mol. The van der Waals surface area contributed by atoms with Crippen molar-refractivity contribution in [2.45, 2.75) is 33.0 Å². The molecule has 8 heteroatoms. The molecule has 0 fully saturated rings. The second-order valence-electron chi connectivity index (χ2n) is 4.02. The minimum atomic E-state index is -4.36. The molecule has 0 aromatic carbocycles. The Balaban J connectivity index is 4.08. The number of hydrogen-bond acceptors (Lipinski definition) is 3. The fraction of sp³-hybridized carbons (Fsp3) is 0.818. The van der Waals surface area contributed by atoms with E-state index in [9.17, 15) is 22.8 Å². The molecule has 2 amide bonds. The lowest BCUT2D eigenvalue weighted by Crippen LogP contribution is -2.49. The maximum Gasteiger partial charge on any atom is 0.401 e. The lowest BCUT2D eigenvalue weighted by atomic mass is 10.2. The fourth-order valence-electron chi connectivity index (χ4n) is 1.48. The van der Waals surface area contributed by atoms with E-state index in [1.54, 1.807) is 13.8 Å². The average Bonchev–Trinajstić information content (AvgIpc) is 2.28. The normalized spacial score (nSPS) is 12.9. The van der Waals surface area contributed by atoms with Crippen molar-refractivity contribution in [3.05, 3.63) is 0 Å². The number of alkyl halides is 3. The van der Waals surface area contributed by atoms with Gasteiger partial charge in [-0.2, -0.15) is 13.2 Å². The van der Waals surface area contributed by atoms with E-state index < -0.39 is 31.2 Å². The van der Waals surface area contributed by atoms with E-state index in [-0.39, 0.29) is 5.91 Å². The Bertz CT molecular complexity index is 304. The Labute approximate surface area is 110 Å². The molecule has 1 unspecified atom stereocenters. The number of nitrogens with one attached hydrogen (secondary N) is 2. The number of carbonyl (C=O) groups is 2. The number of rotatable bonds is 7. The van der Waals surface area contributed by atoms with Crippen molar-refractivity contribution >= 4 is 11.8 Å². The lowest BCUT2D eigenvalue weighted by Gasteiger charge is -2.23. The minimum absolute atomic E-state index is 0.255. The number of halogens is 3. The van der Waals surface area contributed by atoms with E-state index in [0.29, 0.717) is 13.1 Å². The van der Waals surface area contributed by atoms with Gasteiger partial charge in [0.1, 0.15) is 6.04 Å². The summed E-state index contributed by atoms with van der Waals surface area (Å²) in [5.74, 6) is -0.897. The first-order chi connectivity index (χ1) is 8.71. The summed E-state index contributed by atoms with van der Waals surface area (Å²) in [5.41, 5.74) is 0. The van der Waals surface area contributed by atoms with Crippen molar-refractivity contribution in [1.29, 1.82) is 0 Å². The third-order valence-electron chi connectivity index (χ3n) is 2.43. The van der Waals surface area contributed by atoms with Gasteiger partial charge < -0.3 is 15.5 Å². The summed E-state index contributed by atoms with van der Waals surface area (Å²) in [6.07, 6.45) is -4.36. The maximum atomic E-state index is 11.8. The zero-order valence-corrected chi connectivity index (χ0v) is 11.3. The van der Waals surface area contributed by atoms with Gasteiger partial charge in [-0.05, 0) is 20.8 Å². The van der Waals surface area contributed by atoms with Crippen LogP contribution >= 0.6 is 0 Å². The Morgan fingerprint density at radius 3 is 2.16 bits per heavy atom. The third-order valence-corrected chi connectivity index (χ3v) is 2.43. The van der Waals surface area contributed by atoms with Crippen molar-refractivity contribution in [1.82, 2.24) is 15.5 Å². The Morgan fingerprint density at radius 2 is 1.74 bits per heavy atom. The molecule has 1 atom stereocenters. The van der Waals surface area contributed by atoms with Crippen LogP contribution in [0.15, 0.2) is 0 Å². The molecule has 2 N–H and O–H groups in total. The molecule has 0 aliphatic carbocycles. The smallest absolute Gasteiger partial charge is 0.343 e. The van der Waals surface area contributed by atoms with Gasteiger partial charge in [0, 0.05) is 13.1 Å². The molecule has 0 rings (SSSR count). The highest BCUT2D eigenvalue weighted by Crippen LogP contribution is 2.11. The van der Waals surface area contributed by atoms with Crippen LogP contribution in [-0.2, 0) is 9.59 Å². The van der Waals surface area contributed by atoms with Crippen LogP contribution in [0.3, 0.4) is 0 Å². The quantitative estimate of drug-likeness (QED) is 0.716. The molecule has 112 valence electrons. The van der Waals surface area contributed by atoms with E-state index >= 15 is 0 Å². The second-order valence-corrected chi connectivity index (χ2v) is 4.02. The molecule has 0 aliphatic rings. The zero-order valence-electron chi connectivity index (χ0n) is 11.3. The van der Waals surface area contributed by atoms with Gasteiger partial charge in [-0.1, -0.05) is 0 Å². The summed E-state index contributed by atoms with van der Waals surface area (Å²) in [6.45, 7) is 4.43. The minimum Gasteiger partial charge on any atom is -0.343 e. The van der Waals surface area contributed by atoms with Gasteiger partial charge in [0.05, 0.1) is 13.1 Å². The molecule has 0 spiro atoms. The molecule has 5 nitrogen and oxygen atoms in total. The van der Waals surface area contributed by atoms with E-state index in [2.05, 4.69) is 5.32 Å². The molecule has 0 saturated heterocycles. The highest BCUT2D eigenvalue weighted by molar-refractivity contribution is 5.88. The van der Waals surface area contributed by atoms with E-state index in [1.165, 1.54) is 11.8 Å². The molecule has 0 aliphatic heterocycles. The molecule has 0 aromatic heterocycles. The molecule has 0 saturated carbocycles. The molecule has 0 radical (unpaired) electrons. The Morgan fingerprint density at radius 1 is 1.21 bits per heavy atom. The first-order valence-electron chi connectivity index (χ1n) is 6.06. The highest BCUT2D eigenvalue weighted by Gasteiger charge is 2.27. The van der Waals surface area contributed by atoms with E-state index in [0.717, 1.165) is 0 Å². The zero-order chi connectivity index (χ0) is 15.1. The average molecular weight is 283 g/mol. The van der Waals surface area contributed by atoms with Gasteiger partial charge in [-0.25, -0.2) is 0 Å². The molecule has 19 heavy (non-hydrogen) atoms.